The van der Waals surface area contributed by atoms with Crippen molar-refractivity contribution in [1.82, 2.24) is 10.2 Å². The fourth-order valence-electron chi connectivity index (χ4n) is 3.75. The Hall–Kier alpha value is -0.420. The molecule has 2 N–H and O–H groups in total. The lowest BCUT2D eigenvalue weighted by molar-refractivity contribution is 0.184. The maximum atomic E-state index is 9.39. The number of hydrogen-bond donors (Lipinski definition) is 2. The Morgan fingerprint density at radius 3 is 2.73 bits per heavy atom. The minimum atomic E-state index is 0.284. The number of aliphatic imine (C=N–C) groups is 1. The summed E-state index contributed by atoms with van der Waals surface area (Å²) >= 11 is 2.10. The number of rotatable bonds is 5. The van der Waals surface area contributed by atoms with Crippen LogP contribution in [0.2, 0.25) is 0 Å². The molecule has 1 saturated heterocycles. The second kappa shape index (κ2) is 8.44. The molecule has 1 heterocycles. The molecule has 4 nitrogen and oxygen atoms in total. The summed E-state index contributed by atoms with van der Waals surface area (Å²) in [6, 6.07) is 0. The van der Waals surface area contributed by atoms with E-state index in [1.807, 2.05) is 7.05 Å². The highest BCUT2D eigenvalue weighted by molar-refractivity contribution is 8.00. The van der Waals surface area contributed by atoms with Crippen molar-refractivity contribution in [3.05, 3.63) is 0 Å². The van der Waals surface area contributed by atoms with Gasteiger partial charge in [0.2, 0.25) is 0 Å². The van der Waals surface area contributed by atoms with Crippen molar-refractivity contribution in [1.29, 1.82) is 0 Å². The molecule has 0 radical (unpaired) electrons. The summed E-state index contributed by atoms with van der Waals surface area (Å²) in [5.41, 5.74) is 0.284. The molecule has 0 aromatic carbocycles. The van der Waals surface area contributed by atoms with E-state index in [2.05, 4.69) is 40.8 Å². The van der Waals surface area contributed by atoms with E-state index in [1.54, 1.807) is 0 Å². The summed E-state index contributed by atoms with van der Waals surface area (Å²) in [7, 11) is 1.89. The van der Waals surface area contributed by atoms with E-state index in [0.29, 0.717) is 17.8 Å². The van der Waals surface area contributed by atoms with Crippen LogP contribution in [0.5, 0.6) is 0 Å². The van der Waals surface area contributed by atoms with Gasteiger partial charge in [0.25, 0.3) is 0 Å². The lowest BCUT2D eigenvalue weighted by Crippen LogP contribution is -2.51. The molecule has 0 amide bonds. The van der Waals surface area contributed by atoms with Crippen LogP contribution in [-0.2, 0) is 0 Å². The van der Waals surface area contributed by atoms with Gasteiger partial charge in [-0.2, -0.15) is 11.8 Å². The first-order valence-corrected chi connectivity index (χ1v) is 9.83. The summed E-state index contributed by atoms with van der Waals surface area (Å²) < 4.78 is 0. The molecule has 2 aliphatic rings. The molecule has 0 bridgehead atoms. The van der Waals surface area contributed by atoms with E-state index in [4.69, 9.17) is 0 Å². The fourth-order valence-corrected chi connectivity index (χ4v) is 5.05. The average Bonchev–Trinajstić information content (AvgIpc) is 2.97. The van der Waals surface area contributed by atoms with Gasteiger partial charge in [-0.3, -0.25) is 4.99 Å². The maximum absolute atomic E-state index is 9.39. The first-order valence-electron chi connectivity index (χ1n) is 8.78. The molecule has 0 aromatic heterocycles. The van der Waals surface area contributed by atoms with Crippen LogP contribution in [0.25, 0.3) is 0 Å². The molecule has 0 aromatic rings. The van der Waals surface area contributed by atoms with E-state index >= 15 is 0 Å². The van der Waals surface area contributed by atoms with Gasteiger partial charge in [0, 0.05) is 44.3 Å². The molecule has 1 atom stereocenters. The number of thioether (sulfide) groups is 1. The zero-order valence-corrected chi connectivity index (χ0v) is 15.3. The molecule has 0 spiro atoms. The number of nitrogens with zero attached hydrogens (tertiary/aromatic N) is 2. The molecule has 2 rings (SSSR count). The van der Waals surface area contributed by atoms with Crippen LogP contribution in [0.3, 0.4) is 0 Å². The standard InChI is InChI=1S/C17H33N3OS/c1-14(2)15-12-20(9-11-22-15)16(18-3)19-13-17(8-10-21)6-4-5-7-17/h14-15,21H,4-13H2,1-3H3,(H,18,19). The van der Waals surface area contributed by atoms with E-state index in [-0.39, 0.29) is 5.41 Å². The lowest BCUT2D eigenvalue weighted by Gasteiger charge is -2.38. The molecule has 22 heavy (non-hydrogen) atoms. The number of guanidine groups is 1. The third-order valence-corrected chi connectivity index (χ3v) is 6.82. The minimum absolute atomic E-state index is 0.284. The number of aliphatic hydroxyl groups excluding tert-OH is 1. The Bertz CT molecular complexity index is 367. The van der Waals surface area contributed by atoms with Crippen molar-refractivity contribution in [2.75, 3.05) is 39.0 Å². The van der Waals surface area contributed by atoms with E-state index in [0.717, 1.165) is 32.0 Å². The van der Waals surface area contributed by atoms with E-state index in [9.17, 15) is 5.11 Å². The van der Waals surface area contributed by atoms with Crippen LogP contribution in [0.15, 0.2) is 4.99 Å². The fraction of sp³-hybridized carbons (Fsp3) is 0.941. The van der Waals surface area contributed by atoms with Gasteiger partial charge < -0.3 is 15.3 Å². The molecule has 1 aliphatic heterocycles. The van der Waals surface area contributed by atoms with Gasteiger partial charge in [-0.15, -0.1) is 0 Å². The summed E-state index contributed by atoms with van der Waals surface area (Å²) in [4.78, 5) is 6.94. The Kier molecular flexibility index (Phi) is 6.87. The Balaban J connectivity index is 1.91. The van der Waals surface area contributed by atoms with Crippen molar-refractivity contribution in [3.8, 4) is 0 Å². The Morgan fingerprint density at radius 2 is 2.14 bits per heavy atom. The van der Waals surface area contributed by atoms with Crippen LogP contribution in [0.4, 0.5) is 0 Å². The highest BCUT2D eigenvalue weighted by Gasteiger charge is 2.34. The van der Waals surface area contributed by atoms with Gasteiger partial charge >= 0.3 is 0 Å². The number of hydrogen-bond acceptors (Lipinski definition) is 3. The van der Waals surface area contributed by atoms with Crippen LogP contribution < -0.4 is 5.32 Å². The highest BCUT2D eigenvalue weighted by atomic mass is 32.2. The maximum Gasteiger partial charge on any atom is 0.193 e. The summed E-state index contributed by atoms with van der Waals surface area (Å²) in [6.45, 7) is 8.06. The van der Waals surface area contributed by atoms with Gasteiger partial charge in [-0.25, -0.2) is 0 Å². The predicted octanol–water partition coefficient (Wildman–Crippen LogP) is 2.58. The van der Waals surface area contributed by atoms with Crippen molar-refractivity contribution in [3.63, 3.8) is 0 Å². The van der Waals surface area contributed by atoms with Crippen LogP contribution in [0.1, 0.15) is 46.0 Å². The van der Waals surface area contributed by atoms with Gasteiger partial charge in [0.1, 0.15) is 0 Å². The molecule has 2 fully saturated rings. The van der Waals surface area contributed by atoms with E-state index in [1.165, 1.54) is 31.4 Å². The highest BCUT2D eigenvalue weighted by Crippen LogP contribution is 2.40. The third-order valence-electron chi connectivity index (χ3n) is 5.28. The SMILES string of the molecule is CN=C(NCC1(CCO)CCCC1)N1CCSC(C(C)C)C1. The smallest absolute Gasteiger partial charge is 0.193 e. The van der Waals surface area contributed by atoms with Crippen molar-refractivity contribution >= 4 is 17.7 Å². The third kappa shape index (κ3) is 4.54. The molecule has 128 valence electrons. The molecule has 1 saturated carbocycles. The second-order valence-electron chi connectivity index (χ2n) is 7.18. The number of aliphatic hydroxyl groups is 1. The molecule has 1 aliphatic carbocycles. The topological polar surface area (TPSA) is 47.9 Å². The second-order valence-corrected chi connectivity index (χ2v) is 8.53. The van der Waals surface area contributed by atoms with Gasteiger partial charge in [0.15, 0.2) is 5.96 Å². The average molecular weight is 328 g/mol. The minimum Gasteiger partial charge on any atom is -0.396 e. The quantitative estimate of drug-likeness (QED) is 0.602. The lowest BCUT2D eigenvalue weighted by atomic mass is 9.83. The zero-order valence-electron chi connectivity index (χ0n) is 14.5. The number of nitrogens with one attached hydrogen (secondary N) is 1. The summed E-state index contributed by atoms with van der Waals surface area (Å²) in [5, 5.41) is 13.7. The normalized spacial score (nSPS) is 25.8. The largest absolute Gasteiger partial charge is 0.396 e. The Labute approximate surface area is 140 Å². The monoisotopic (exact) mass is 327 g/mol. The van der Waals surface area contributed by atoms with Crippen LogP contribution in [0, 0.1) is 11.3 Å². The van der Waals surface area contributed by atoms with Crippen LogP contribution >= 0.6 is 11.8 Å². The van der Waals surface area contributed by atoms with Gasteiger partial charge in [-0.05, 0) is 30.6 Å². The Morgan fingerprint density at radius 1 is 1.41 bits per heavy atom. The first kappa shape index (κ1) is 17.9. The molecular formula is C17H33N3OS. The van der Waals surface area contributed by atoms with E-state index < -0.39 is 0 Å². The summed E-state index contributed by atoms with van der Waals surface area (Å²) in [5.74, 6) is 2.95. The van der Waals surface area contributed by atoms with Gasteiger partial charge in [0.05, 0.1) is 0 Å². The predicted molar refractivity (Wildman–Crippen MR) is 96.6 cm³/mol. The summed E-state index contributed by atoms with van der Waals surface area (Å²) in [6.07, 6.45) is 6.00. The van der Waals surface area contributed by atoms with Crippen LogP contribution in [-0.4, -0.2) is 60.3 Å². The van der Waals surface area contributed by atoms with Gasteiger partial charge in [-0.1, -0.05) is 26.7 Å². The van der Waals surface area contributed by atoms with Crippen molar-refractivity contribution < 1.29 is 5.11 Å². The first-order chi connectivity index (χ1) is 10.6. The van der Waals surface area contributed by atoms with Crippen molar-refractivity contribution in [2.24, 2.45) is 16.3 Å². The molecular weight excluding hydrogens is 294 g/mol. The van der Waals surface area contributed by atoms with Crippen molar-refractivity contribution in [2.45, 2.75) is 51.2 Å². The zero-order chi connectivity index (χ0) is 16.0. The molecule has 1 unspecified atom stereocenters. The molecule has 5 heteroatoms.